The maximum Gasteiger partial charge on any atom is 0.316 e. The molecule has 2 aromatic carbocycles. The molecule has 5 atom stereocenters. The number of benzene rings is 2. The van der Waals surface area contributed by atoms with Gasteiger partial charge in [-0.2, -0.15) is 0 Å². The Hall–Kier alpha value is -3.19. The van der Waals surface area contributed by atoms with Gasteiger partial charge in [0.2, 0.25) is 17.7 Å². The van der Waals surface area contributed by atoms with Crippen LogP contribution in [0.1, 0.15) is 36.8 Å². The summed E-state index contributed by atoms with van der Waals surface area (Å²) in [5.41, 5.74) is 2.72. The molecular formula is C28H27ClN2O5. The van der Waals surface area contributed by atoms with E-state index in [1.54, 1.807) is 42.2 Å². The second-order valence-electron chi connectivity index (χ2n) is 10.6. The third-order valence-corrected chi connectivity index (χ3v) is 8.95. The van der Waals surface area contributed by atoms with E-state index in [4.69, 9.17) is 16.3 Å². The molecule has 2 saturated heterocycles. The molecule has 186 valence electrons. The first-order chi connectivity index (χ1) is 17.2. The molecule has 2 aliphatic heterocycles. The summed E-state index contributed by atoms with van der Waals surface area (Å²) in [6, 6.07) is 10.3. The molecule has 3 amide bonds. The van der Waals surface area contributed by atoms with Crippen molar-refractivity contribution in [2.45, 2.75) is 39.5 Å². The number of fused-ring (bicyclic) bond motifs is 5. The van der Waals surface area contributed by atoms with Crippen LogP contribution in [0.25, 0.3) is 0 Å². The van der Waals surface area contributed by atoms with Gasteiger partial charge in [-0.15, -0.1) is 0 Å². The number of esters is 1. The van der Waals surface area contributed by atoms with Crippen molar-refractivity contribution in [2.75, 3.05) is 16.3 Å². The van der Waals surface area contributed by atoms with Crippen molar-refractivity contribution in [1.82, 2.24) is 0 Å². The first-order valence-electron chi connectivity index (χ1n) is 12.5. The van der Waals surface area contributed by atoms with Gasteiger partial charge in [0.25, 0.3) is 0 Å². The number of carbonyl (C=O) groups excluding carboxylic acids is 4. The average Bonchev–Trinajstić information content (AvgIpc) is 3.60. The van der Waals surface area contributed by atoms with Gasteiger partial charge in [0.1, 0.15) is 5.75 Å². The SMILES string of the molecule is Cc1cc(OC(=O)[C@@H]2CC(=O)N(c3cccc(Cl)c3C)C2)ccc1N1C(=O)[C@H]2[C@H]3CC[C@@H](C3)[C@@H]2C1=O. The molecular weight excluding hydrogens is 480 g/mol. The van der Waals surface area contributed by atoms with E-state index in [2.05, 4.69) is 0 Å². The number of aryl methyl sites for hydroxylation is 1. The van der Waals surface area contributed by atoms with Crippen LogP contribution >= 0.6 is 11.6 Å². The van der Waals surface area contributed by atoms with Crippen molar-refractivity contribution in [1.29, 1.82) is 0 Å². The van der Waals surface area contributed by atoms with Crippen LogP contribution in [-0.2, 0) is 19.2 Å². The highest BCUT2D eigenvalue weighted by Gasteiger charge is 2.61. The van der Waals surface area contributed by atoms with E-state index < -0.39 is 11.9 Å². The molecule has 2 aromatic rings. The lowest BCUT2D eigenvalue weighted by molar-refractivity contribution is -0.139. The molecule has 0 spiro atoms. The molecule has 2 bridgehead atoms. The Balaban J connectivity index is 1.16. The summed E-state index contributed by atoms with van der Waals surface area (Å²) in [7, 11) is 0. The van der Waals surface area contributed by atoms with Gasteiger partial charge >= 0.3 is 5.97 Å². The highest BCUT2D eigenvalue weighted by Crippen LogP contribution is 2.56. The molecule has 4 fully saturated rings. The third kappa shape index (κ3) is 3.47. The number of anilines is 2. The molecule has 6 rings (SSSR count). The fourth-order valence-electron chi connectivity index (χ4n) is 6.77. The van der Waals surface area contributed by atoms with E-state index in [-0.39, 0.29) is 42.5 Å². The number of amides is 3. The highest BCUT2D eigenvalue weighted by atomic mass is 35.5. The van der Waals surface area contributed by atoms with Crippen molar-refractivity contribution in [3.05, 3.63) is 52.5 Å². The van der Waals surface area contributed by atoms with Crippen molar-refractivity contribution in [2.24, 2.45) is 29.6 Å². The smallest absolute Gasteiger partial charge is 0.316 e. The third-order valence-electron chi connectivity index (χ3n) is 8.54. The minimum absolute atomic E-state index is 0.0593. The predicted molar refractivity (Wildman–Crippen MR) is 134 cm³/mol. The number of hydrogen-bond acceptors (Lipinski definition) is 5. The fraction of sp³-hybridized carbons (Fsp3) is 0.429. The minimum Gasteiger partial charge on any atom is -0.426 e. The van der Waals surface area contributed by atoms with E-state index in [1.807, 2.05) is 13.0 Å². The van der Waals surface area contributed by atoms with Crippen LogP contribution in [0.15, 0.2) is 36.4 Å². The van der Waals surface area contributed by atoms with Crippen molar-refractivity contribution in [3.63, 3.8) is 0 Å². The van der Waals surface area contributed by atoms with Crippen LogP contribution in [-0.4, -0.2) is 30.2 Å². The second-order valence-corrected chi connectivity index (χ2v) is 11.0. The van der Waals surface area contributed by atoms with Gasteiger partial charge in [-0.25, -0.2) is 4.90 Å². The van der Waals surface area contributed by atoms with Gasteiger partial charge in [0.05, 0.1) is 23.4 Å². The van der Waals surface area contributed by atoms with E-state index in [1.165, 1.54) is 4.90 Å². The van der Waals surface area contributed by atoms with Gasteiger partial charge in [0.15, 0.2) is 0 Å². The molecule has 0 unspecified atom stereocenters. The first-order valence-corrected chi connectivity index (χ1v) is 12.9. The maximum atomic E-state index is 13.2. The summed E-state index contributed by atoms with van der Waals surface area (Å²) >= 11 is 6.21. The van der Waals surface area contributed by atoms with Crippen molar-refractivity contribution in [3.8, 4) is 5.75 Å². The Morgan fingerprint density at radius 1 is 0.972 bits per heavy atom. The topological polar surface area (TPSA) is 84.0 Å². The van der Waals surface area contributed by atoms with Crippen molar-refractivity contribution < 1.29 is 23.9 Å². The predicted octanol–water partition coefficient (Wildman–Crippen LogP) is 4.45. The molecule has 0 N–H and O–H groups in total. The van der Waals surface area contributed by atoms with Crippen LogP contribution in [0.4, 0.5) is 11.4 Å². The number of ether oxygens (including phenoxy) is 1. The standard InChI is InChI=1S/C28H27ClN2O5/c1-14-10-19(8-9-21(14)31-26(33)24-16-6-7-17(11-16)25(24)27(31)34)36-28(35)18-12-23(32)30(13-18)22-5-3-4-20(29)15(22)2/h3-5,8-10,16-18,24-25H,6-7,11-13H2,1-2H3/t16-,17-,18+,24-,25-/m0/s1. The van der Waals surface area contributed by atoms with Crippen molar-refractivity contribution >= 4 is 46.7 Å². The summed E-state index contributed by atoms with van der Waals surface area (Å²) in [4.78, 5) is 54.8. The summed E-state index contributed by atoms with van der Waals surface area (Å²) in [6.45, 7) is 3.87. The molecule has 0 aromatic heterocycles. The van der Waals surface area contributed by atoms with Crippen LogP contribution in [0, 0.1) is 43.4 Å². The molecule has 36 heavy (non-hydrogen) atoms. The van der Waals surface area contributed by atoms with Crippen LogP contribution < -0.4 is 14.5 Å². The monoisotopic (exact) mass is 506 g/mol. The maximum absolute atomic E-state index is 13.2. The minimum atomic E-state index is -0.604. The lowest BCUT2D eigenvalue weighted by atomic mass is 9.81. The van der Waals surface area contributed by atoms with Gasteiger partial charge < -0.3 is 9.64 Å². The fourth-order valence-corrected chi connectivity index (χ4v) is 6.94. The zero-order valence-corrected chi connectivity index (χ0v) is 21.0. The van der Waals surface area contributed by atoms with E-state index in [9.17, 15) is 19.2 Å². The summed E-state index contributed by atoms with van der Waals surface area (Å²) in [5, 5.41) is 0.563. The highest BCUT2D eigenvalue weighted by molar-refractivity contribution is 6.31. The summed E-state index contributed by atoms with van der Waals surface area (Å²) in [6.07, 6.45) is 3.12. The lowest BCUT2D eigenvalue weighted by Gasteiger charge is -2.20. The quantitative estimate of drug-likeness (QED) is 0.347. The second kappa shape index (κ2) is 8.44. The first kappa shape index (κ1) is 23.2. The van der Waals surface area contributed by atoms with E-state index in [0.717, 1.165) is 24.8 Å². The number of nitrogens with zero attached hydrogens (tertiary/aromatic N) is 2. The van der Waals surface area contributed by atoms with E-state index >= 15 is 0 Å². The Morgan fingerprint density at radius 3 is 2.33 bits per heavy atom. The molecule has 2 saturated carbocycles. The molecule has 0 radical (unpaired) electrons. The number of halogens is 1. The van der Waals surface area contributed by atoms with Crippen LogP contribution in [0.2, 0.25) is 5.02 Å². The molecule has 8 heteroatoms. The summed E-state index contributed by atoms with van der Waals surface area (Å²) < 4.78 is 5.62. The Kier molecular flexibility index (Phi) is 5.45. The number of hydrogen-bond donors (Lipinski definition) is 0. The van der Waals surface area contributed by atoms with Crippen LogP contribution in [0.3, 0.4) is 0 Å². The Morgan fingerprint density at radius 2 is 1.67 bits per heavy atom. The molecule has 7 nitrogen and oxygen atoms in total. The number of imide groups is 1. The van der Waals surface area contributed by atoms with Gasteiger partial charge in [-0.05, 0) is 86.4 Å². The van der Waals surface area contributed by atoms with Crippen LogP contribution in [0.5, 0.6) is 5.75 Å². The van der Waals surface area contributed by atoms with Gasteiger partial charge in [0, 0.05) is 23.7 Å². The van der Waals surface area contributed by atoms with Gasteiger partial charge in [-0.1, -0.05) is 17.7 Å². The zero-order chi connectivity index (χ0) is 25.3. The number of rotatable bonds is 4. The van der Waals surface area contributed by atoms with E-state index in [0.29, 0.717) is 39.5 Å². The summed E-state index contributed by atoms with van der Waals surface area (Å²) in [5.74, 6) is -0.817. The molecule has 2 aliphatic carbocycles. The Bertz CT molecular complexity index is 1300. The average molecular weight is 507 g/mol. The largest absolute Gasteiger partial charge is 0.426 e. The van der Waals surface area contributed by atoms with Gasteiger partial charge in [-0.3, -0.25) is 19.2 Å². The molecule has 2 heterocycles. The Labute approximate surface area is 214 Å². The lowest BCUT2D eigenvalue weighted by Crippen LogP contribution is -2.33. The molecule has 4 aliphatic rings. The normalized spacial score (nSPS) is 28.9. The number of carbonyl (C=O) groups is 4. The zero-order valence-electron chi connectivity index (χ0n) is 20.2.